The van der Waals surface area contributed by atoms with E-state index >= 15 is 0 Å². The van der Waals surface area contributed by atoms with E-state index in [0.29, 0.717) is 17.2 Å². The molecule has 0 bridgehead atoms. The lowest BCUT2D eigenvalue weighted by atomic mass is 10.0. The smallest absolute Gasteiger partial charge is 0.203 e. The van der Waals surface area contributed by atoms with Gasteiger partial charge in [0, 0.05) is 10.9 Å². The number of fused-ring (bicyclic) bond motifs is 1. The van der Waals surface area contributed by atoms with E-state index in [-0.39, 0.29) is 0 Å². The summed E-state index contributed by atoms with van der Waals surface area (Å²) in [6.45, 7) is 0. The highest BCUT2D eigenvalue weighted by molar-refractivity contribution is 5.83. The largest absolute Gasteiger partial charge is 0.493 e. The SMILES string of the molecule is COc1cc(Cc2cccc3[nH][c]cc23)cc(OC)c1OC. The van der Waals surface area contributed by atoms with Gasteiger partial charge in [0.15, 0.2) is 11.5 Å². The van der Waals surface area contributed by atoms with E-state index < -0.39 is 0 Å². The summed E-state index contributed by atoms with van der Waals surface area (Å²) >= 11 is 0. The van der Waals surface area contributed by atoms with Crippen LogP contribution < -0.4 is 14.2 Å². The number of benzene rings is 2. The first kappa shape index (κ1) is 14.3. The summed E-state index contributed by atoms with van der Waals surface area (Å²) in [6, 6.07) is 12.1. The van der Waals surface area contributed by atoms with Crippen LogP contribution in [0.4, 0.5) is 0 Å². The van der Waals surface area contributed by atoms with E-state index in [1.54, 1.807) is 21.3 Å². The Morgan fingerprint density at radius 2 is 1.73 bits per heavy atom. The topological polar surface area (TPSA) is 43.5 Å². The third-order valence-electron chi connectivity index (χ3n) is 3.74. The molecule has 0 fully saturated rings. The lowest BCUT2D eigenvalue weighted by molar-refractivity contribution is 0.324. The van der Waals surface area contributed by atoms with Crippen molar-refractivity contribution < 1.29 is 14.2 Å². The predicted molar refractivity (Wildman–Crippen MR) is 86.0 cm³/mol. The monoisotopic (exact) mass is 296 g/mol. The van der Waals surface area contributed by atoms with Gasteiger partial charge in [-0.25, -0.2) is 0 Å². The fourth-order valence-electron chi connectivity index (χ4n) is 2.69. The van der Waals surface area contributed by atoms with Crippen LogP contribution in [-0.2, 0) is 6.42 Å². The van der Waals surface area contributed by atoms with Crippen LogP contribution in [0.5, 0.6) is 17.2 Å². The molecule has 0 aliphatic rings. The number of rotatable bonds is 5. The van der Waals surface area contributed by atoms with Crippen LogP contribution in [0.15, 0.2) is 36.4 Å². The second kappa shape index (κ2) is 6.02. The molecule has 1 aromatic heterocycles. The average molecular weight is 296 g/mol. The van der Waals surface area contributed by atoms with E-state index in [2.05, 4.69) is 17.2 Å². The van der Waals surface area contributed by atoms with Crippen LogP contribution in [0.3, 0.4) is 0 Å². The zero-order valence-electron chi connectivity index (χ0n) is 12.9. The van der Waals surface area contributed by atoms with Crippen LogP contribution in [0, 0.1) is 6.20 Å². The maximum atomic E-state index is 5.41. The fraction of sp³-hybridized carbons (Fsp3) is 0.222. The Hall–Kier alpha value is -2.62. The maximum absolute atomic E-state index is 5.41. The van der Waals surface area contributed by atoms with Gasteiger partial charge in [-0.05, 0) is 41.8 Å². The van der Waals surface area contributed by atoms with Crippen molar-refractivity contribution in [3.05, 3.63) is 53.7 Å². The van der Waals surface area contributed by atoms with Gasteiger partial charge in [-0.1, -0.05) is 12.1 Å². The Morgan fingerprint density at radius 1 is 1.00 bits per heavy atom. The minimum Gasteiger partial charge on any atom is -0.493 e. The molecule has 0 aliphatic heterocycles. The van der Waals surface area contributed by atoms with Crippen LogP contribution >= 0.6 is 0 Å². The van der Waals surface area contributed by atoms with Gasteiger partial charge in [-0.3, -0.25) is 0 Å². The highest BCUT2D eigenvalue weighted by Crippen LogP contribution is 2.39. The summed E-state index contributed by atoms with van der Waals surface area (Å²) < 4.78 is 16.2. The molecule has 1 N–H and O–H groups in total. The zero-order valence-corrected chi connectivity index (χ0v) is 12.9. The number of hydrogen-bond acceptors (Lipinski definition) is 3. The Kier molecular flexibility index (Phi) is 3.92. The first-order chi connectivity index (χ1) is 10.8. The van der Waals surface area contributed by atoms with Crippen molar-refractivity contribution in [3.63, 3.8) is 0 Å². The van der Waals surface area contributed by atoms with E-state index in [9.17, 15) is 0 Å². The summed E-state index contributed by atoms with van der Waals surface area (Å²) in [5, 5.41) is 1.18. The molecule has 1 heterocycles. The minimum atomic E-state index is 0.613. The molecular formula is C18H18NO3. The van der Waals surface area contributed by atoms with Gasteiger partial charge in [-0.15, -0.1) is 0 Å². The molecule has 3 rings (SSSR count). The van der Waals surface area contributed by atoms with Gasteiger partial charge < -0.3 is 19.2 Å². The Bertz CT molecular complexity index is 767. The number of nitrogens with one attached hydrogen (secondary N) is 1. The van der Waals surface area contributed by atoms with Crippen molar-refractivity contribution in [2.75, 3.05) is 21.3 Å². The van der Waals surface area contributed by atoms with Gasteiger partial charge in [0.2, 0.25) is 5.75 Å². The van der Waals surface area contributed by atoms with E-state index in [1.807, 2.05) is 30.3 Å². The number of methoxy groups -OCH3 is 3. The number of H-pyrrole nitrogens is 1. The summed E-state index contributed by atoms with van der Waals surface area (Å²) in [5.41, 5.74) is 3.41. The molecule has 0 amide bonds. The van der Waals surface area contributed by atoms with Crippen LogP contribution in [0.1, 0.15) is 11.1 Å². The minimum absolute atomic E-state index is 0.613. The van der Waals surface area contributed by atoms with Crippen molar-refractivity contribution in [2.45, 2.75) is 6.42 Å². The van der Waals surface area contributed by atoms with Crippen LogP contribution in [0.2, 0.25) is 0 Å². The molecule has 4 heteroatoms. The maximum Gasteiger partial charge on any atom is 0.203 e. The normalized spacial score (nSPS) is 10.7. The van der Waals surface area contributed by atoms with E-state index in [1.165, 1.54) is 10.9 Å². The van der Waals surface area contributed by atoms with Crippen LogP contribution in [-0.4, -0.2) is 26.3 Å². The van der Waals surface area contributed by atoms with Gasteiger partial charge in [0.1, 0.15) is 0 Å². The first-order valence-electron chi connectivity index (χ1n) is 7.02. The molecule has 2 aromatic carbocycles. The summed E-state index contributed by atoms with van der Waals surface area (Å²) in [4.78, 5) is 3.11. The quantitative estimate of drug-likeness (QED) is 0.782. The van der Waals surface area contributed by atoms with E-state index in [0.717, 1.165) is 17.5 Å². The molecule has 0 unspecified atom stereocenters. The van der Waals surface area contributed by atoms with Gasteiger partial charge >= 0.3 is 0 Å². The average Bonchev–Trinajstić information content (AvgIpc) is 3.03. The van der Waals surface area contributed by atoms with Gasteiger partial charge in [0.05, 0.1) is 27.5 Å². The molecule has 1 radical (unpaired) electrons. The molecule has 0 saturated heterocycles. The second-order valence-electron chi connectivity index (χ2n) is 5.00. The molecule has 3 aromatic rings. The van der Waals surface area contributed by atoms with Crippen molar-refractivity contribution in [1.82, 2.24) is 4.98 Å². The number of ether oxygens (including phenoxy) is 3. The van der Waals surface area contributed by atoms with Crippen molar-refractivity contribution in [2.24, 2.45) is 0 Å². The highest BCUT2D eigenvalue weighted by Gasteiger charge is 2.14. The molecule has 0 aliphatic carbocycles. The number of aromatic amines is 1. The molecule has 0 spiro atoms. The Labute approximate surface area is 129 Å². The van der Waals surface area contributed by atoms with Crippen LogP contribution in [0.25, 0.3) is 10.9 Å². The summed E-state index contributed by atoms with van der Waals surface area (Å²) in [5.74, 6) is 1.95. The van der Waals surface area contributed by atoms with Crippen molar-refractivity contribution in [3.8, 4) is 17.2 Å². The Balaban J connectivity index is 2.03. The molecular weight excluding hydrogens is 278 g/mol. The molecule has 4 nitrogen and oxygen atoms in total. The molecule has 0 saturated carbocycles. The fourth-order valence-corrected chi connectivity index (χ4v) is 2.69. The van der Waals surface area contributed by atoms with Crippen molar-refractivity contribution >= 4 is 10.9 Å². The van der Waals surface area contributed by atoms with E-state index in [4.69, 9.17) is 14.2 Å². The number of aromatic nitrogens is 1. The summed E-state index contributed by atoms with van der Waals surface area (Å²) in [7, 11) is 4.86. The highest BCUT2D eigenvalue weighted by atomic mass is 16.5. The standard InChI is InChI=1S/C18H18NO3/c1-20-16-10-12(11-17(21-2)18(16)22-3)9-13-5-4-6-15-14(13)7-8-19-15/h4-7,10-11,19H,9H2,1-3H3. The second-order valence-corrected chi connectivity index (χ2v) is 5.00. The van der Waals surface area contributed by atoms with Crippen molar-refractivity contribution in [1.29, 1.82) is 0 Å². The molecule has 0 atom stereocenters. The van der Waals surface area contributed by atoms with Gasteiger partial charge in [-0.2, -0.15) is 0 Å². The first-order valence-corrected chi connectivity index (χ1v) is 7.02. The lowest BCUT2D eigenvalue weighted by Gasteiger charge is -2.14. The number of hydrogen-bond donors (Lipinski definition) is 1. The Morgan fingerprint density at radius 3 is 2.36 bits per heavy atom. The lowest BCUT2D eigenvalue weighted by Crippen LogP contribution is -1.98. The zero-order chi connectivity index (χ0) is 15.5. The van der Waals surface area contributed by atoms with Gasteiger partial charge in [0.25, 0.3) is 0 Å². The molecule has 22 heavy (non-hydrogen) atoms. The third kappa shape index (κ3) is 2.48. The molecule has 113 valence electrons. The predicted octanol–water partition coefficient (Wildman–Crippen LogP) is 3.58. The third-order valence-corrected chi connectivity index (χ3v) is 3.74. The summed E-state index contributed by atoms with van der Waals surface area (Å²) in [6.07, 6.45) is 3.81.